The van der Waals surface area contributed by atoms with E-state index < -0.39 is 0 Å². The summed E-state index contributed by atoms with van der Waals surface area (Å²) < 4.78 is 0. The van der Waals surface area contributed by atoms with Gasteiger partial charge in [-0.3, -0.25) is 9.78 Å². The fourth-order valence-corrected chi connectivity index (χ4v) is 5.25. The van der Waals surface area contributed by atoms with Crippen LogP contribution in [0.25, 0.3) is 11.3 Å². The van der Waals surface area contributed by atoms with Gasteiger partial charge in [-0.25, -0.2) is 0 Å². The molecule has 1 atom stereocenters. The number of thioether (sulfide) groups is 2. The number of hydrogen-bond acceptors (Lipinski definition) is 4. The van der Waals surface area contributed by atoms with Gasteiger partial charge in [-0.1, -0.05) is 18.2 Å². The molecule has 0 radical (unpaired) electrons. The smallest absolute Gasteiger partial charge is 0.251 e. The largest absolute Gasteiger partial charge is 0.351 e. The lowest BCUT2D eigenvalue weighted by Crippen LogP contribution is -2.33. The number of pyridine rings is 1. The Morgan fingerprint density at radius 2 is 2.17 bits per heavy atom. The fraction of sp³-hybridized carbons (Fsp3) is 0.333. The van der Waals surface area contributed by atoms with Gasteiger partial charge in [0, 0.05) is 46.4 Å². The average molecular weight is 345 g/mol. The molecule has 0 spiro atoms. The zero-order valence-electron chi connectivity index (χ0n) is 13.1. The van der Waals surface area contributed by atoms with Crippen LogP contribution in [-0.4, -0.2) is 39.9 Å². The van der Waals surface area contributed by atoms with Crippen LogP contribution < -0.4 is 5.32 Å². The van der Waals surface area contributed by atoms with Gasteiger partial charge in [0.25, 0.3) is 5.91 Å². The summed E-state index contributed by atoms with van der Waals surface area (Å²) >= 11 is 3.93. The normalized spacial score (nSPS) is 17.7. The molecule has 2 heterocycles. The first-order valence-corrected chi connectivity index (χ1v) is 9.94. The van der Waals surface area contributed by atoms with Crippen molar-refractivity contribution in [3.8, 4) is 11.3 Å². The van der Waals surface area contributed by atoms with E-state index in [9.17, 15) is 4.79 Å². The quantitative estimate of drug-likeness (QED) is 0.919. The average Bonchev–Trinajstić information content (AvgIpc) is 2.61. The first-order chi connectivity index (χ1) is 11.3. The lowest BCUT2D eigenvalue weighted by Gasteiger charge is -2.21. The number of nitrogens with zero attached hydrogens (tertiary/aromatic N) is 1. The van der Waals surface area contributed by atoms with Gasteiger partial charge in [0.15, 0.2) is 0 Å². The van der Waals surface area contributed by atoms with Gasteiger partial charge >= 0.3 is 0 Å². The summed E-state index contributed by atoms with van der Waals surface area (Å²) in [5.41, 5.74) is 3.63. The summed E-state index contributed by atoms with van der Waals surface area (Å²) in [6, 6.07) is 11.7. The van der Waals surface area contributed by atoms with Crippen molar-refractivity contribution in [3.05, 3.63) is 53.7 Å². The maximum atomic E-state index is 12.5. The number of rotatable bonds is 4. The molecule has 23 heavy (non-hydrogen) atoms. The molecule has 0 aliphatic carbocycles. The minimum atomic E-state index is 0.0106. The Bertz CT molecular complexity index is 670. The van der Waals surface area contributed by atoms with Crippen LogP contribution in [0.1, 0.15) is 15.9 Å². The van der Waals surface area contributed by atoms with Gasteiger partial charge in [0.05, 0.1) is 5.69 Å². The molecule has 1 aliphatic rings. The minimum absolute atomic E-state index is 0.0106. The van der Waals surface area contributed by atoms with Crippen LogP contribution in [0.5, 0.6) is 0 Å². The van der Waals surface area contributed by atoms with E-state index in [2.05, 4.69) is 10.3 Å². The van der Waals surface area contributed by atoms with E-state index in [-0.39, 0.29) is 5.91 Å². The monoisotopic (exact) mass is 344 g/mol. The van der Waals surface area contributed by atoms with Gasteiger partial charge in [-0.2, -0.15) is 23.5 Å². The van der Waals surface area contributed by atoms with E-state index in [0.717, 1.165) is 34.7 Å². The van der Waals surface area contributed by atoms with Crippen LogP contribution in [0.15, 0.2) is 42.6 Å². The van der Waals surface area contributed by atoms with Crippen molar-refractivity contribution in [2.24, 2.45) is 0 Å². The molecule has 120 valence electrons. The Kier molecular flexibility index (Phi) is 5.62. The summed E-state index contributed by atoms with van der Waals surface area (Å²) in [7, 11) is 0. The Morgan fingerprint density at radius 1 is 1.26 bits per heavy atom. The Hall–Kier alpha value is -1.46. The van der Waals surface area contributed by atoms with Gasteiger partial charge < -0.3 is 5.32 Å². The maximum Gasteiger partial charge on any atom is 0.251 e. The summed E-state index contributed by atoms with van der Waals surface area (Å²) in [6.45, 7) is 2.73. The summed E-state index contributed by atoms with van der Waals surface area (Å²) in [5.74, 6) is 3.54. The van der Waals surface area contributed by atoms with Crippen molar-refractivity contribution in [3.63, 3.8) is 0 Å². The molecule has 2 aromatic rings. The number of hydrogen-bond donors (Lipinski definition) is 1. The van der Waals surface area contributed by atoms with Crippen molar-refractivity contribution >= 4 is 29.4 Å². The van der Waals surface area contributed by atoms with Gasteiger partial charge in [0.1, 0.15) is 0 Å². The highest BCUT2D eigenvalue weighted by Crippen LogP contribution is 2.25. The second-order valence-corrected chi connectivity index (χ2v) is 8.03. The molecule has 3 rings (SSSR count). The Labute approximate surface area is 145 Å². The highest BCUT2D eigenvalue weighted by Gasteiger charge is 2.17. The lowest BCUT2D eigenvalue weighted by molar-refractivity contribution is 0.0953. The third-order valence-corrected chi connectivity index (χ3v) is 6.74. The van der Waals surface area contributed by atoms with Gasteiger partial charge in [-0.05, 0) is 30.7 Å². The molecule has 5 heteroatoms. The van der Waals surface area contributed by atoms with Crippen molar-refractivity contribution in [1.82, 2.24) is 10.3 Å². The number of benzene rings is 1. The molecule has 0 bridgehead atoms. The molecular weight excluding hydrogens is 324 g/mol. The van der Waals surface area contributed by atoms with Crippen molar-refractivity contribution < 1.29 is 4.79 Å². The van der Waals surface area contributed by atoms with Crippen LogP contribution in [0.4, 0.5) is 0 Å². The third kappa shape index (κ3) is 4.09. The second kappa shape index (κ2) is 7.88. The summed E-state index contributed by atoms with van der Waals surface area (Å²) in [4.78, 5) is 16.9. The van der Waals surface area contributed by atoms with E-state index in [0.29, 0.717) is 5.25 Å². The minimum Gasteiger partial charge on any atom is -0.351 e. The van der Waals surface area contributed by atoms with Crippen LogP contribution in [0.3, 0.4) is 0 Å². The lowest BCUT2D eigenvalue weighted by atomic mass is 9.99. The van der Waals surface area contributed by atoms with Gasteiger partial charge in [0.2, 0.25) is 0 Å². The molecule has 1 amide bonds. The van der Waals surface area contributed by atoms with Crippen LogP contribution >= 0.6 is 23.5 Å². The van der Waals surface area contributed by atoms with E-state index in [1.165, 1.54) is 11.5 Å². The SMILES string of the molecule is Cc1c(C(=O)NC[C@H]2CSCCS2)cccc1-c1ccccn1. The van der Waals surface area contributed by atoms with E-state index in [4.69, 9.17) is 0 Å². The molecule has 1 N–H and O–H groups in total. The van der Waals surface area contributed by atoms with Crippen molar-refractivity contribution in [2.75, 3.05) is 23.8 Å². The van der Waals surface area contributed by atoms with E-state index in [1.807, 2.05) is 66.8 Å². The second-order valence-electron chi connectivity index (χ2n) is 5.47. The van der Waals surface area contributed by atoms with Gasteiger partial charge in [-0.15, -0.1) is 0 Å². The summed E-state index contributed by atoms with van der Waals surface area (Å²) in [5, 5.41) is 3.62. The Balaban J connectivity index is 1.73. The Morgan fingerprint density at radius 3 is 2.91 bits per heavy atom. The number of carbonyl (C=O) groups is 1. The molecule has 1 fully saturated rings. The zero-order chi connectivity index (χ0) is 16.1. The van der Waals surface area contributed by atoms with Crippen LogP contribution in [0.2, 0.25) is 0 Å². The van der Waals surface area contributed by atoms with E-state index >= 15 is 0 Å². The predicted octanol–water partition coefficient (Wildman–Crippen LogP) is 3.64. The topological polar surface area (TPSA) is 42.0 Å². The van der Waals surface area contributed by atoms with Crippen LogP contribution in [-0.2, 0) is 0 Å². The molecular formula is C18H20N2OS2. The van der Waals surface area contributed by atoms with Crippen molar-refractivity contribution in [2.45, 2.75) is 12.2 Å². The molecule has 1 saturated heterocycles. The maximum absolute atomic E-state index is 12.5. The highest BCUT2D eigenvalue weighted by atomic mass is 32.2. The number of amides is 1. The molecule has 3 nitrogen and oxygen atoms in total. The molecule has 1 aliphatic heterocycles. The molecule has 1 aromatic heterocycles. The third-order valence-electron chi connectivity index (χ3n) is 3.89. The first-order valence-electron chi connectivity index (χ1n) is 7.74. The fourth-order valence-electron chi connectivity index (χ4n) is 2.64. The number of aromatic nitrogens is 1. The molecule has 0 unspecified atom stereocenters. The van der Waals surface area contributed by atoms with E-state index in [1.54, 1.807) is 6.20 Å². The summed E-state index contributed by atoms with van der Waals surface area (Å²) in [6.07, 6.45) is 1.78. The standard InChI is InChI=1S/C18H20N2OS2/c1-13-15(17-7-2-3-8-19-17)5-4-6-16(13)18(21)20-11-14-12-22-9-10-23-14/h2-8,14H,9-12H2,1H3,(H,20,21)/t14-/m0/s1. The van der Waals surface area contributed by atoms with Crippen LogP contribution in [0, 0.1) is 6.92 Å². The first kappa shape index (κ1) is 16.4. The number of carbonyl (C=O) groups excluding carboxylic acids is 1. The predicted molar refractivity (Wildman–Crippen MR) is 100 cm³/mol. The highest BCUT2D eigenvalue weighted by molar-refractivity contribution is 8.06. The zero-order valence-corrected chi connectivity index (χ0v) is 14.8. The number of nitrogens with one attached hydrogen (secondary N) is 1. The molecule has 1 aromatic carbocycles. The molecule has 0 saturated carbocycles. The van der Waals surface area contributed by atoms with Crippen molar-refractivity contribution in [1.29, 1.82) is 0 Å².